The number of hydrogen-bond donors (Lipinski definition) is 1. The molecule has 0 bridgehead atoms. The van der Waals surface area contributed by atoms with E-state index in [2.05, 4.69) is 10.4 Å². The molecule has 0 fully saturated rings. The van der Waals surface area contributed by atoms with E-state index in [0.717, 1.165) is 12.1 Å². The molecule has 3 aromatic rings. The van der Waals surface area contributed by atoms with Gasteiger partial charge in [0.1, 0.15) is 11.5 Å². The van der Waals surface area contributed by atoms with Crippen LogP contribution in [-0.4, -0.2) is 35.9 Å². The number of benzene rings is 2. The van der Waals surface area contributed by atoms with E-state index in [0.29, 0.717) is 30.0 Å². The molecule has 6 heteroatoms. The van der Waals surface area contributed by atoms with Gasteiger partial charge >= 0.3 is 0 Å². The van der Waals surface area contributed by atoms with Gasteiger partial charge in [0.15, 0.2) is 0 Å². The number of para-hydroxylation sites is 1. The summed E-state index contributed by atoms with van der Waals surface area (Å²) in [7, 11) is 1.62. The third-order valence-corrected chi connectivity index (χ3v) is 3.91. The van der Waals surface area contributed by atoms with Crippen molar-refractivity contribution in [3.05, 3.63) is 72.2 Å². The van der Waals surface area contributed by atoms with Crippen molar-refractivity contribution in [2.24, 2.45) is 0 Å². The van der Waals surface area contributed by atoms with Gasteiger partial charge in [-0.3, -0.25) is 4.79 Å². The second kappa shape index (κ2) is 8.40. The summed E-state index contributed by atoms with van der Waals surface area (Å²) in [6, 6.07) is 15.5. The third-order valence-electron chi connectivity index (χ3n) is 3.91. The van der Waals surface area contributed by atoms with E-state index in [4.69, 9.17) is 4.74 Å². The molecule has 5 nitrogen and oxygen atoms in total. The van der Waals surface area contributed by atoms with E-state index in [9.17, 15) is 9.18 Å². The standard InChI is InChI=1S/C20H20FN3O2/c1-26-13-5-12-22-20(25)18-14-24(17-6-3-2-4-7-17)23-19(18)15-8-10-16(21)11-9-15/h2-4,6-11,14H,5,12-13H2,1H3,(H,22,25). The molecule has 0 saturated heterocycles. The molecule has 1 aromatic heterocycles. The molecule has 1 N–H and O–H groups in total. The number of methoxy groups -OCH3 is 1. The molecule has 26 heavy (non-hydrogen) atoms. The summed E-state index contributed by atoms with van der Waals surface area (Å²) in [6.07, 6.45) is 2.42. The van der Waals surface area contributed by atoms with Crippen LogP contribution < -0.4 is 5.32 Å². The topological polar surface area (TPSA) is 56.1 Å². The predicted octanol–water partition coefficient (Wildman–Crippen LogP) is 3.44. The molecule has 3 rings (SSSR count). The Bertz CT molecular complexity index is 861. The first-order valence-electron chi connectivity index (χ1n) is 8.37. The average molecular weight is 353 g/mol. The van der Waals surface area contributed by atoms with Crippen LogP contribution >= 0.6 is 0 Å². The number of amides is 1. The lowest BCUT2D eigenvalue weighted by Gasteiger charge is -2.05. The molecule has 0 aliphatic heterocycles. The van der Waals surface area contributed by atoms with Crippen LogP contribution in [0.3, 0.4) is 0 Å². The van der Waals surface area contributed by atoms with Crippen LogP contribution in [0.1, 0.15) is 16.8 Å². The summed E-state index contributed by atoms with van der Waals surface area (Å²) < 4.78 is 19.9. The lowest BCUT2D eigenvalue weighted by Crippen LogP contribution is -2.25. The normalized spacial score (nSPS) is 10.7. The van der Waals surface area contributed by atoms with E-state index in [1.165, 1.54) is 12.1 Å². The van der Waals surface area contributed by atoms with E-state index in [-0.39, 0.29) is 11.7 Å². The maximum atomic E-state index is 13.3. The highest BCUT2D eigenvalue weighted by molar-refractivity contribution is 5.99. The lowest BCUT2D eigenvalue weighted by molar-refractivity contribution is 0.0949. The van der Waals surface area contributed by atoms with Gasteiger partial charge in [-0.15, -0.1) is 0 Å². The highest BCUT2D eigenvalue weighted by atomic mass is 19.1. The minimum atomic E-state index is -0.332. The predicted molar refractivity (Wildman–Crippen MR) is 97.8 cm³/mol. The van der Waals surface area contributed by atoms with Crippen molar-refractivity contribution in [3.8, 4) is 16.9 Å². The van der Waals surface area contributed by atoms with Gasteiger partial charge < -0.3 is 10.1 Å². The second-order valence-electron chi connectivity index (χ2n) is 5.78. The van der Waals surface area contributed by atoms with Gasteiger partial charge in [-0.05, 0) is 42.8 Å². The Balaban J connectivity index is 1.93. The number of hydrogen-bond acceptors (Lipinski definition) is 3. The van der Waals surface area contributed by atoms with Gasteiger partial charge in [0.2, 0.25) is 0 Å². The molecule has 0 aliphatic rings. The smallest absolute Gasteiger partial charge is 0.255 e. The molecule has 0 unspecified atom stereocenters. The summed E-state index contributed by atoms with van der Waals surface area (Å²) >= 11 is 0. The number of aromatic nitrogens is 2. The fraction of sp³-hybridized carbons (Fsp3) is 0.200. The zero-order chi connectivity index (χ0) is 18.4. The number of rotatable bonds is 7. The largest absolute Gasteiger partial charge is 0.385 e. The molecule has 1 heterocycles. The van der Waals surface area contributed by atoms with Crippen LogP contribution in [0.5, 0.6) is 0 Å². The summed E-state index contributed by atoms with van der Waals surface area (Å²) in [4.78, 5) is 12.6. The summed E-state index contributed by atoms with van der Waals surface area (Å²) in [5, 5.41) is 7.43. The molecule has 0 saturated carbocycles. The number of carbonyl (C=O) groups excluding carboxylic acids is 1. The SMILES string of the molecule is COCCCNC(=O)c1cn(-c2ccccc2)nc1-c1ccc(F)cc1. The van der Waals surface area contributed by atoms with Gasteiger partial charge in [0.25, 0.3) is 5.91 Å². The molecule has 2 aromatic carbocycles. The molecule has 0 aliphatic carbocycles. The van der Waals surface area contributed by atoms with Gasteiger partial charge in [-0.25, -0.2) is 9.07 Å². The first-order chi connectivity index (χ1) is 12.7. The average Bonchev–Trinajstić information content (AvgIpc) is 3.12. The Morgan fingerprint density at radius 3 is 2.58 bits per heavy atom. The number of ether oxygens (including phenoxy) is 1. The van der Waals surface area contributed by atoms with Crippen LogP contribution in [0.15, 0.2) is 60.8 Å². The van der Waals surface area contributed by atoms with Crippen LogP contribution in [0, 0.1) is 5.82 Å². The van der Waals surface area contributed by atoms with E-state index in [1.54, 1.807) is 30.1 Å². The summed E-state index contributed by atoms with van der Waals surface area (Å²) in [5.41, 5.74) is 2.48. The van der Waals surface area contributed by atoms with E-state index in [1.807, 2.05) is 30.3 Å². The fourth-order valence-corrected chi connectivity index (χ4v) is 2.59. The number of nitrogens with zero attached hydrogens (tertiary/aromatic N) is 2. The van der Waals surface area contributed by atoms with Crippen LogP contribution in [-0.2, 0) is 4.74 Å². The first-order valence-corrected chi connectivity index (χ1v) is 8.37. The lowest BCUT2D eigenvalue weighted by atomic mass is 10.1. The molecule has 0 spiro atoms. The van der Waals surface area contributed by atoms with Crippen molar-refractivity contribution >= 4 is 5.91 Å². The van der Waals surface area contributed by atoms with Crippen molar-refractivity contribution in [1.82, 2.24) is 15.1 Å². The Hall–Kier alpha value is -2.99. The van der Waals surface area contributed by atoms with Crippen molar-refractivity contribution in [2.75, 3.05) is 20.3 Å². The minimum absolute atomic E-state index is 0.220. The fourth-order valence-electron chi connectivity index (χ4n) is 2.59. The quantitative estimate of drug-likeness (QED) is 0.662. The molecule has 0 radical (unpaired) electrons. The zero-order valence-electron chi connectivity index (χ0n) is 14.5. The van der Waals surface area contributed by atoms with Crippen molar-refractivity contribution in [1.29, 1.82) is 0 Å². The number of nitrogens with one attached hydrogen (secondary N) is 1. The first kappa shape index (κ1) is 17.8. The maximum absolute atomic E-state index is 13.3. The number of carbonyl (C=O) groups is 1. The Labute approximate surface area is 151 Å². The Morgan fingerprint density at radius 1 is 1.15 bits per heavy atom. The Kier molecular flexibility index (Phi) is 5.76. The zero-order valence-corrected chi connectivity index (χ0v) is 14.5. The third kappa shape index (κ3) is 4.15. The summed E-state index contributed by atoms with van der Waals surface area (Å²) in [6.45, 7) is 1.08. The van der Waals surface area contributed by atoms with Gasteiger partial charge in [-0.2, -0.15) is 5.10 Å². The van der Waals surface area contributed by atoms with E-state index < -0.39 is 0 Å². The monoisotopic (exact) mass is 353 g/mol. The van der Waals surface area contributed by atoms with Crippen LogP contribution in [0.4, 0.5) is 4.39 Å². The van der Waals surface area contributed by atoms with Crippen LogP contribution in [0.2, 0.25) is 0 Å². The molecular weight excluding hydrogens is 333 g/mol. The van der Waals surface area contributed by atoms with Gasteiger partial charge in [0, 0.05) is 32.0 Å². The highest BCUT2D eigenvalue weighted by Crippen LogP contribution is 2.24. The summed E-state index contributed by atoms with van der Waals surface area (Å²) in [5.74, 6) is -0.551. The van der Waals surface area contributed by atoms with Crippen molar-refractivity contribution < 1.29 is 13.9 Å². The van der Waals surface area contributed by atoms with Gasteiger partial charge in [-0.1, -0.05) is 18.2 Å². The highest BCUT2D eigenvalue weighted by Gasteiger charge is 2.18. The maximum Gasteiger partial charge on any atom is 0.255 e. The van der Waals surface area contributed by atoms with Crippen molar-refractivity contribution in [3.63, 3.8) is 0 Å². The minimum Gasteiger partial charge on any atom is -0.385 e. The Morgan fingerprint density at radius 2 is 1.88 bits per heavy atom. The molecule has 0 atom stereocenters. The van der Waals surface area contributed by atoms with Gasteiger partial charge in [0.05, 0.1) is 11.3 Å². The van der Waals surface area contributed by atoms with E-state index >= 15 is 0 Å². The van der Waals surface area contributed by atoms with Crippen LogP contribution in [0.25, 0.3) is 16.9 Å². The van der Waals surface area contributed by atoms with Crippen molar-refractivity contribution in [2.45, 2.75) is 6.42 Å². The number of halogens is 1. The molecule has 134 valence electrons. The molecule has 1 amide bonds. The second-order valence-corrected chi connectivity index (χ2v) is 5.78. The molecular formula is C20H20FN3O2.